The van der Waals surface area contributed by atoms with Crippen LogP contribution in [0, 0.1) is 5.92 Å². The number of likely N-dealkylation sites (tertiary alicyclic amines) is 1. The summed E-state index contributed by atoms with van der Waals surface area (Å²) in [5.41, 5.74) is 5.96. The highest BCUT2D eigenvalue weighted by atomic mass is 16.1. The zero-order chi connectivity index (χ0) is 20.1. The van der Waals surface area contributed by atoms with Gasteiger partial charge < -0.3 is 16.0 Å². The number of amides is 1. The van der Waals surface area contributed by atoms with Gasteiger partial charge in [0.05, 0.1) is 0 Å². The molecule has 1 aromatic heterocycles. The number of hydrogen-bond donors (Lipinski definition) is 2. The number of nitrogens with two attached hydrogens (primary N) is 1. The van der Waals surface area contributed by atoms with Crippen LogP contribution in [0.2, 0.25) is 0 Å². The van der Waals surface area contributed by atoms with Crippen molar-refractivity contribution in [3.05, 3.63) is 18.5 Å². The maximum atomic E-state index is 12.5. The lowest BCUT2D eigenvalue weighted by atomic mass is 10.1. The van der Waals surface area contributed by atoms with Crippen molar-refractivity contribution in [1.82, 2.24) is 25.1 Å². The molecule has 3 N–H and O–H groups in total. The van der Waals surface area contributed by atoms with Crippen molar-refractivity contribution in [2.75, 3.05) is 57.3 Å². The fraction of sp³-hybridized carbons (Fsp3) is 0.762. The molecule has 3 fully saturated rings. The van der Waals surface area contributed by atoms with Crippen molar-refractivity contribution in [2.45, 2.75) is 44.2 Å². The van der Waals surface area contributed by atoms with Gasteiger partial charge in [-0.1, -0.05) is 0 Å². The Kier molecular flexibility index (Phi) is 6.94. The Labute approximate surface area is 173 Å². The van der Waals surface area contributed by atoms with E-state index in [1.807, 2.05) is 6.07 Å². The molecule has 1 aromatic rings. The van der Waals surface area contributed by atoms with Gasteiger partial charge in [-0.15, -0.1) is 0 Å². The number of piperazine rings is 1. The van der Waals surface area contributed by atoms with Crippen molar-refractivity contribution in [2.24, 2.45) is 11.7 Å². The van der Waals surface area contributed by atoms with E-state index in [-0.39, 0.29) is 5.91 Å². The van der Waals surface area contributed by atoms with Crippen LogP contribution in [0.15, 0.2) is 18.5 Å². The summed E-state index contributed by atoms with van der Waals surface area (Å²) in [6, 6.07) is 2.69. The zero-order valence-corrected chi connectivity index (χ0v) is 17.4. The van der Waals surface area contributed by atoms with Crippen LogP contribution in [-0.2, 0) is 4.79 Å². The monoisotopic (exact) mass is 401 g/mol. The van der Waals surface area contributed by atoms with E-state index in [1.54, 1.807) is 12.4 Å². The van der Waals surface area contributed by atoms with Gasteiger partial charge in [0.2, 0.25) is 11.9 Å². The molecule has 1 aliphatic carbocycles. The zero-order valence-electron chi connectivity index (χ0n) is 17.4. The first-order valence-electron chi connectivity index (χ1n) is 11.2. The summed E-state index contributed by atoms with van der Waals surface area (Å²) in [4.78, 5) is 28.3. The van der Waals surface area contributed by atoms with Crippen LogP contribution >= 0.6 is 0 Å². The Hall–Kier alpha value is -1.77. The second kappa shape index (κ2) is 9.82. The van der Waals surface area contributed by atoms with Crippen molar-refractivity contribution in [1.29, 1.82) is 0 Å². The van der Waals surface area contributed by atoms with Gasteiger partial charge in [-0.2, -0.15) is 0 Å². The first kappa shape index (κ1) is 20.5. The van der Waals surface area contributed by atoms with E-state index in [0.29, 0.717) is 25.0 Å². The van der Waals surface area contributed by atoms with Crippen molar-refractivity contribution < 1.29 is 4.79 Å². The van der Waals surface area contributed by atoms with Gasteiger partial charge in [0.15, 0.2) is 0 Å². The summed E-state index contributed by atoms with van der Waals surface area (Å²) in [5, 5.41) is 3.15. The van der Waals surface area contributed by atoms with Gasteiger partial charge in [-0.05, 0) is 37.7 Å². The first-order valence-corrected chi connectivity index (χ1v) is 11.2. The fourth-order valence-corrected chi connectivity index (χ4v) is 4.65. The molecular weight excluding hydrogens is 366 g/mol. The SMILES string of the molecule is NC[C@H]1CC[C@@H](CC(=O)NCCN2CCN(c3ncccn3)CC2)N1CC1CC1. The minimum atomic E-state index is 0.185. The molecule has 8 nitrogen and oxygen atoms in total. The number of carbonyl (C=O) groups excluding carboxylic acids is 1. The van der Waals surface area contributed by atoms with Crippen molar-refractivity contribution >= 4 is 11.9 Å². The summed E-state index contributed by atoms with van der Waals surface area (Å²) in [6.45, 7) is 7.27. The van der Waals surface area contributed by atoms with Crippen molar-refractivity contribution in [3.63, 3.8) is 0 Å². The Morgan fingerprint density at radius 2 is 1.79 bits per heavy atom. The van der Waals surface area contributed by atoms with Crippen LogP contribution in [0.3, 0.4) is 0 Å². The van der Waals surface area contributed by atoms with E-state index in [2.05, 4.69) is 30.0 Å². The second-order valence-corrected chi connectivity index (χ2v) is 8.69. The lowest BCUT2D eigenvalue weighted by Gasteiger charge is -2.34. The molecule has 0 radical (unpaired) electrons. The predicted octanol–water partition coefficient (Wildman–Crippen LogP) is 0.307. The molecule has 0 aromatic carbocycles. The third-order valence-electron chi connectivity index (χ3n) is 6.59. The van der Waals surface area contributed by atoms with Gasteiger partial charge in [0.1, 0.15) is 0 Å². The molecule has 3 heterocycles. The second-order valence-electron chi connectivity index (χ2n) is 8.69. The van der Waals surface area contributed by atoms with Crippen LogP contribution < -0.4 is 16.0 Å². The highest BCUT2D eigenvalue weighted by Gasteiger charge is 2.37. The summed E-state index contributed by atoms with van der Waals surface area (Å²) in [7, 11) is 0. The average Bonchev–Trinajstić information content (AvgIpc) is 3.50. The molecule has 1 saturated carbocycles. The molecular formula is C21H35N7O. The highest BCUT2D eigenvalue weighted by molar-refractivity contribution is 5.76. The maximum absolute atomic E-state index is 12.5. The van der Waals surface area contributed by atoms with Crippen LogP contribution in [-0.4, -0.2) is 90.1 Å². The van der Waals surface area contributed by atoms with E-state index in [0.717, 1.165) is 70.5 Å². The van der Waals surface area contributed by atoms with Gasteiger partial charge in [-0.25, -0.2) is 9.97 Å². The van der Waals surface area contributed by atoms with Gasteiger partial charge >= 0.3 is 0 Å². The molecule has 0 spiro atoms. The van der Waals surface area contributed by atoms with Crippen LogP contribution in [0.4, 0.5) is 5.95 Å². The van der Waals surface area contributed by atoms with Gasteiger partial charge in [-0.3, -0.25) is 14.6 Å². The number of hydrogen-bond acceptors (Lipinski definition) is 7. The van der Waals surface area contributed by atoms with Gasteiger partial charge in [0.25, 0.3) is 0 Å². The Morgan fingerprint density at radius 3 is 2.48 bits per heavy atom. The molecule has 3 aliphatic rings. The number of anilines is 1. The average molecular weight is 402 g/mol. The standard InChI is InChI=1S/C21H35N7O/c22-15-19-5-4-18(28(19)16-17-2-3-17)14-20(29)23-8-9-26-10-12-27(13-11-26)21-24-6-1-7-25-21/h1,6-7,17-19H,2-5,8-16,22H2,(H,23,29)/t18-,19+/m0/s1. The molecule has 2 atom stereocenters. The van der Waals surface area contributed by atoms with Gasteiger partial charge in [0, 0.05) is 83.3 Å². The number of nitrogens with zero attached hydrogens (tertiary/aromatic N) is 5. The lowest BCUT2D eigenvalue weighted by molar-refractivity contribution is -0.122. The molecule has 2 saturated heterocycles. The van der Waals surface area contributed by atoms with Crippen LogP contribution in [0.25, 0.3) is 0 Å². The minimum absolute atomic E-state index is 0.185. The van der Waals surface area contributed by atoms with E-state index < -0.39 is 0 Å². The molecule has 0 bridgehead atoms. The summed E-state index contributed by atoms with van der Waals surface area (Å²) in [5.74, 6) is 1.83. The topological polar surface area (TPSA) is 90.6 Å². The number of rotatable bonds is 9. The summed E-state index contributed by atoms with van der Waals surface area (Å²) >= 11 is 0. The van der Waals surface area contributed by atoms with Crippen molar-refractivity contribution in [3.8, 4) is 0 Å². The normalized spacial score (nSPS) is 26.0. The molecule has 29 heavy (non-hydrogen) atoms. The van der Waals surface area contributed by atoms with Crippen LogP contribution in [0.1, 0.15) is 32.1 Å². The largest absolute Gasteiger partial charge is 0.355 e. The molecule has 2 aliphatic heterocycles. The molecule has 160 valence electrons. The lowest BCUT2D eigenvalue weighted by Crippen LogP contribution is -2.49. The van der Waals surface area contributed by atoms with E-state index in [9.17, 15) is 4.79 Å². The quantitative estimate of drug-likeness (QED) is 0.615. The van der Waals surface area contributed by atoms with E-state index in [4.69, 9.17) is 5.73 Å². The Morgan fingerprint density at radius 1 is 1.07 bits per heavy atom. The molecule has 4 rings (SSSR count). The number of aromatic nitrogens is 2. The summed E-state index contributed by atoms with van der Waals surface area (Å²) < 4.78 is 0. The highest BCUT2D eigenvalue weighted by Crippen LogP contribution is 2.35. The molecule has 1 amide bonds. The maximum Gasteiger partial charge on any atom is 0.225 e. The Balaban J connectivity index is 1.14. The summed E-state index contributed by atoms with van der Waals surface area (Å²) in [6.07, 6.45) is 9.11. The Bertz CT molecular complexity index is 646. The fourth-order valence-electron chi connectivity index (χ4n) is 4.65. The minimum Gasteiger partial charge on any atom is -0.355 e. The first-order chi connectivity index (χ1) is 14.2. The number of nitrogens with one attached hydrogen (secondary N) is 1. The predicted molar refractivity (Wildman–Crippen MR) is 114 cm³/mol. The van der Waals surface area contributed by atoms with Crippen LogP contribution in [0.5, 0.6) is 0 Å². The molecule has 8 heteroatoms. The third-order valence-corrected chi connectivity index (χ3v) is 6.59. The number of carbonyl (C=O) groups is 1. The van der Waals surface area contributed by atoms with E-state index >= 15 is 0 Å². The third kappa shape index (κ3) is 5.65. The molecule has 0 unspecified atom stereocenters. The van der Waals surface area contributed by atoms with E-state index in [1.165, 1.54) is 12.8 Å². The smallest absolute Gasteiger partial charge is 0.225 e.